The predicted octanol–water partition coefficient (Wildman–Crippen LogP) is 3.45. The van der Waals surface area contributed by atoms with E-state index in [-0.39, 0.29) is 0 Å². The summed E-state index contributed by atoms with van der Waals surface area (Å²) in [7, 11) is 1.95. The van der Waals surface area contributed by atoms with Crippen LogP contribution in [-0.4, -0.2) is 20.2 Å². The second kappa shape index (κ2) is 6.51. The summed E-state index contributed by atoms with van der Waals surface area (Å²) in [5.41, 5.74) is 0. The fourth-order valence-electron chi connectivity index (χ4n) is 1.23. The molecule has 1 aromatic rings. The number of nitrogens with one attached hydrogen (secondary N) is 1. The summed E-state index contributed by atoms with van der Waals surface area (Å²) in [6, 6.07) is 5.92. The molecule has 0 aliphatic rings. The van der Waals surface area contributed by atoms with Gasteiger partial charge in [-0.2, -0.15) is 0 Å². The molecule has 0 aliphatic heterocycles. The van der Waals surface area contributed by atoms with Crippen molar-refractivity contribution >= 4 is 31.9 Å². The van der Waals surface area contributed by atoms with Crippen LogP contribution in [0, 0.1) is 5.92 Å². The van der Waals surface area contributed by atoms with Gasteiger partial charge in [0.15, 0.2) is 0 Å². The Morgan fingerprint density at radius 3 is 2.73 bits per heavy atom. The van der Waals surface area contributed by atoms with Gasteiger partial charge in [0.2, 0.25) is 0 Å². The Bertz CT molecular complexity index is 317. The summed E-state index contributed by atoms with van der Waals surface area (Å²) in [5.74, 6) is 1.40. The highest BCUT2D eigenvalue weighted by Gasteiger charge is 2.05. The Labute approximate surface area is 108 Å². The van der Waals surface area contributed by atoms with Crippen LogP contribution in [0.4, 0.5) is 0 Å². The lowest BCUT2D eigenvalue weighted by atomic mass is 10.2. The minimum Gasteiger partial charge on any atom is -0.492 e. The first-order chi connectivity index (χ1) is 7.13. The Balaban J connectivity index is 2.50. The number of benzene rings is 1. The third-order valence-electron chi connectivity index (χ3n) is 1.97. The lowest BCUT2D eigenvalue weighted by Crippen LogP contribution is -2.21. The Hall–Kier alpha value is -0.0600. The summed E-state index contributed by atoms with van der Waals surface area (Å²) in [6.07, 6.45) is 0. The van der Waals surface area contributed by atoms with Crippen molar-refractivity contribution < 1.29 is 4.74 Å². The fourth-order valence-corrected chi connectivity index (χ4v) is 2.39. The van der Waals surface area contributed by atoms with E-state index in [0.717, 1.165) is 27.8 Å². The van der Waals surface area contributed by atoms with Crippen LogP contribution in [0.25, 0.3) is 0 Å². The van der Waals surface area contributed by atoms with E-state index >= 15 is 0 Å². The van der Waals surface area contributed by atoms with Crippen LogP contribution in [-0.2, 0) is 0 Å². The molecule has 1 aromatic carbocycles. The average Bonchev–Trinajstić information content (AvgIpc) is 2.17. The summed E-state index contributed by atoms with van der Waals surface area (Å²) in [6.45, 7) is 3.85. The summed E-state index contributed by atoms with van der Waals surface area (Å²) < 4.78 is 7.72. The van der Waals surface area contributed by atoms with Crippen LogP contribution in [0.15, 0.2) is 27.1 Å². The zero-order valence-electron chi connectivity index (χ0n) is 8.89. The molecule has 0 bridgehead atoms. The number of rotatable bonds is 5. The molecule has 0 radical (unpaired) electrons. The van der Waals surface area contributed by atoms with E-state index in [1.54, 1.807) is 0 Å². The molecular formula is C11H15Br2NO. The largest absolute Gasteiger partial charge is 0.492 e. The van der Waals surface area contributed by atoms with Gasteiger partial charge >= 0.3 is 0 Å². The zero-order chi connectivity index (χ0) is 11.3. The molecule has 0 spiro atoms. The van der Waals surface area contributed by atoms with Crippen molar-refractivity contribution in [2.24, 2.45) is 5.92 Å². The molecule has 0 saturated heterocycles. The molecule has 1 rings (SSSR count). The van der Waals surface area contributed by atoms with E-state index in [2.05, 4.69) is 44.1 Å². The molecular weight excluding hydrogens is 322 g/mol. The summed E-state index contributed by atoms with van der Waals surface area (Å²) in [4.78, 5) is 0. The van der Waals surface area contributed by atoms with Crippen LogP contribution in [0.2, 0.25) is 0 Å². The van der Waals surface area contributed by atoms with Crippen LogP contribution in [0.1, 0.15) is 6.92 Å². The molecule has 0 aliphatic carbocycles. The van der Waals surface area contributed by atoms with Gasteiger partial charge in [0.05, 0.1) is 11.1 Å². The van der Waals surface area contributed by atoms with Crippen LogP contribution in [0.5, 0.6) is 5.75 Å². The molecule has 1 N–H and O–H groups in total. The third-order valence-corrected chi connectivity index (χ3v) is 3.08. The molecule has 84 valence electrons. The third kappa shape index (κ3) is 4.53. The van der Waals surface area contributed by atoms with Gasteiger partial charge in [-0.1, -0.05) is 22.9 Å². The Morgan fingerprint density at radius 2 is 2.13 bits per heavy atom. The average molecular weight is 337 g/mol. The highest BCUT2D eigenvalue weighted by molar-refractivity contribution is 9.11. The van der Waals surface area contributed by atoms with Crippen molar-refractivity contribution in [3.8, 4) is 5.75 Å². The van der Waals surface area contributed by atoms with Crippen molar-refractivity contribution in [2.45, 2.75) is 6.92 Å². The van der Waals surface area contributed by atoms with E-state index in [9.17, 15) is 0 Å². The first-order valence-electron chi connectivity index (χ1n) is 4.86. The Morgan fingerprint density at radius 1 is 1.40 bits per heavy atom. The predicted molar refractivity (Wildman–Crippen MR) is 70.4 cm³/mol. The van der Waals surface area contributed by atoms with E-state index < -0.39 is 0 Å². The van der Waals surface area contributed by atoms with Crippen LogP contribution < -0.4 is 10.1 Å². The quantitative estimate of drug-likeness (QED) is 0.889. The van der Waals surface area contributed by atoms with Gasteiger partial charge in [-0.15, -0.1) is 0 Å². The lowest BCUT2D eigenvalue weighted by molar-refractivity contribution is 0.256. The zero-order valence-corrected chi connectivity index (χ0v) is 12.1. The SMILES string of the molecule is CNCC(C)COc1ccc(Br)cc1Br. The first-order valence-corrected chi connectivity index (χ1v) is 6.44. The van der Waals surface area contributed by atoms with Gasteiger partial charge in [0.1, 0.15) is 5.75 Å². The van der Waals surface area contributed by atoms with E-state index in [4.69, 9.17) is 4.74 Å². The maximum Gasteiger partial charge on any atom is 0.133 e. The van der Waals surface area contributed by atoms with Crippen LogP contribution in [0.3, 0.4) is 0 Å². The van der Waals surface area contributed by atoms with Crippen molar-refractivity contribution in [3.63, 3.8) is 0 Å². The minimum atomic E-state index is 0.505. The molecule has 0 saturated carbocycles. The van der Waals surface area contributed by atoms with Gasteiger partial charge in [-0.3, -0.25) is 0 Å². The second-order valence-corrected chi connectivity index (χ2v) is 5.32. The summed E-state index contributed by atoms with van der Waals surface area (Å²) >= 11 is 6.87. The topological polar surface area (TPSA) is 21.3 Å². The Kier molecular flexibility index (Phi) is 5.64. The van der Waals surface area contributed by atoms with Crippen molar-refractivity contribution in [1.82, 2.24) is 5.32 Å². The highest BCUT2D eigenvalue weighted by Crippen LogP contribution is 2.28. The molecule has 0 heterocycles. The van der Waals surface area contributed by atoms with Crippen molar-refractivity contribution in [2.75, 3.05) is 20.2 Å². The minimum absolute atomic E-state index is 0.505. The standard InChI is InChI=1S/C11H15Br2NO/c1-8(6-14-2)7-15-11-4-3-9(12)5-10(11)13/h3-5,8,14H,6-7H2,1-2H3. The number of halogens is 2. The van der Waals surface area contributed by atoms with Gasteiger partial charge in [-0.05, 0) is 41.2 Å². The van der Waals surface area contributed by atoms with Gasteiger partial charge < -0.3 is 10.1 Å². The number of ether oxygens (including phenoxy) is 1. The molecule has 0 amide bonds. The number of hydrogen-bond donors (Lipinski definition) is 1. The molecule has 0 fully saturated rings. The van der Waals surface area contributed by atoms with E-state index in [1.165, 1.54) is 0 Å². The smallest absolute Gasteiger partial charge is 0.133 e. The van der Waals surface area contributed by atoms with Gasteiger partial charge in [0, 0.05) is 16.9 Å². The maximum atomic E-state index is 5.70. The number of hydrogen-bond acceptors (Lipinski definition) is 2. The van der Waals surface area contributed by atoms with Crippen molar-refractivity contribution in [1.29, 1.82) is 0 Å². The monoisotopic (exact) mass is 335 g/mol. The van der Waals surface area contributed by atoms with Crippen molar-refractivity contribution in [3.05, 3.63) is 27.1 Å². The highest BCUT2D eigenvalue weighted by atomic mass is 79.9. The second-order valence-electron chi connectivity index (χ2n) is 3.55. The molecule has 4 heteroatoms. The van der Waals surface area contributed by atoms with E-state index in [1.807, 2.05) is 25.2 Å². The lowest BCUT2D eigenvalue weighted by Gasteiger charge is -2.13. The molecule has 2 nitrogen and oxygen atoms in total. The molecule has 15 heavy (non-hydrogen) atoms. The molecule has 1 atom stereocenters. The maximum absolute atomic E-state index is 5.70. The molecule has 0 aromatic heterocycles. The molecule has 1 unspecified atom stereocenters. The van der Waals surface area contributed by atoms with Gasteiger partial charge in [0.25, 0.3) is 0 Å². The fraction of sp³-hybridized carbons (Fsp3) is 0.455. The van der Waals surface area contributed by atoms with Crippen LogP contribution >= 0.6 is 31.9 Å². The normalized spacial score (nSPS) is 12.5. The van der Waals surface area contributed by atoms with Gasteiger partial charge in [-0.25, -0.2) is 0 Å². The summed E-state index contributed by atoms with van der Waals surface area (Å²) in [5, 5.41) is 3.13. The van der Waals surface area contributed by atoms with E-state index in [0.29, 0.717) is 5.92 Å². The first kappa shape index (κ1) is 13.0.